The molecule has 0 bridgehead atoms. The van der Waals surface area contributed by atoms with Gasteiger partial charge in [0.1, 0.15) is 12.1 Å². The molecule has 8 heteroatoms. The van der Waals surface area contributed by atoms with Crippen LogP contribution in [-0.2, 0) is 4.74 Å². The lowest BCUT2D eigenvalue weighted by Gasteiger charge is -2.36. The number of nitrogens with zero attached hydrogens (tertiary/aromatic N) is 5. The number of anilines is 2. The summed E-state index contributed by atoms with van der Waals surface area (Å²) in [5.74, 6) is 0.982. The zero-order valence-electron chi connectivity index (χ0n) is 16.2. The molecule has 29 heavy (non-hydrogen) atoms. The van der Waals surface area contributed by atoms with Crippen LogP contribution in [0.1, 0.15) is 16.8 Å². The molecular formula is C21H23N5O2S. The lowest BCUT2D eigenvalue weighted by molar-refractivity contribution is 0.0734. The Labute approximate surface area is 173 Å². The molecule has 0 N–H and O–H groups in total. The fourth-order valence-corrected chi connectivity index (χ4v) is 4.64. The molecule has 2 aliphatic rings. The summed E-state index contributed by atoms with van der Waals surface area (Å²) in [5, 5.41) is 4.88. The van der Waals surface area contributed by atoms with Crippen molar-refractivity contribution in [3.05, 3.63) is 46.9 Å². The van der Waals surface area contributed by atoms with Gasteiger partial charge in [0.05, 0.1) is 31.0 Å². The highest BCUT2D eigenvalue weighted by Crippen LogP contribution is 2.29. The van der Waals surface area contributed by atoms with Crippen molar-refractivity contribution in [1.82, 2.24) is 14.9 Å². The third-order valence-corrected chi connectivity index (χ3v) is 6.21. The van der Waals surface area contributed by atoms with Gasteiger partial charge in [0.2, 0.25) is 0 Å². The van der Waals surface area contributed by atoms with E-state index in [1.165, 1.54) is 5.69 Å². The molecule has 0 spiro atoms. The highest BCUT2D eigenvalue weighted by atomic mass is 32.1. The standard InChI is InChI=1S/C21H23N5O2S/c27-21(16-4-11-29-13-16)26-6-1-5-25(15-26)20-18-3-2-17(12-19(18)22-14-23-20)24-7-9-28-10-8-24/h2-4,11-14H,1,5-10,15H2. The molecule has 0 aliphatic carbocycles. The summed E-state index contributed by atoms with van der Waals surface area (Å²) in [5.41, 5.74) is 2.86. The molecular weight excluding hydrogens is 386 g/mol. The zero-order valence-corrected chi connectivity index (χ0v) is 17.0. The summed E-state index contributed by atoms with van der Waals surface area (Å²) in [6, 6.07) is 8.26. The van der Waals surface area contributed by atoms with E-state index in [1.54, 1.807) is 17.7 Å². The summed E-state index contributed by atoms with van der Waals surface area (Å²) in [6.07, 6.45) is 2.55. The molecule has 2 aliphatic heterocycles. The van der Waals surface area contributed by atoms with E-state index >= 15 is 0 Å². The third-order valence-electron chi connectivity index (χ3n) is 5.53. The number of benzene rings is 1. The fourth-order valence-electron chi connectivity index (χ4n) is 4.01. The molecule has 0 saturated carbocycles. The van der Waals surface area contributed by atoms with Crippen LogP contribution in [0.3, 0.4) is 0 Å². The Morgan fingerprint density at radius 1 is 1.03 bits per heavy atom. The predicted octanol–water partition coefficient (Wildman–Crippen LogP) is 2.84. The fraction of sp³-hybridized carbons (Fsp3) is 0.381. The van der Waals surface area contributed by atoms with E-state index in [9.17, 15) is 4.79 Å². The maximum Gasteiger partial charge on any atom is 0.256 e. The van der Waals surface area contributed by atoms with Crippen molar-refractivity contribution in [2.24, 2.45) is 0 Å². The average molecular weight is 410 g/mol. The SMILES string of the molecule is O=C(c1ccsc1)N1CCCN(c2ncnc3cc(N4CCOCC4)ccc23)C1. The van der Waals surface area contributed by atoms with Gasteiger partial charge in [0, 0.05) is 42.6 Å². The van der Waals surface area contributed by atoms with Crippen LogP contribution in [0.2, 0.25) is 0 Å². The maximum atomic E-state index is 12.8. The lowest BCUT2D eigenvalue weighted by atomic mass is 10.1. The van der Waals surface area contributed by atoms with Gasteiger partial charge >= 0.3 is 0 Å². The van der Waals surface area contributed by atoms with Gasteiger partial charge in [-0.25, -0.2) is 9.97 Å². The number of morpholine rings is 1. The maximum absolute atomic E-state index is 12.8. The van der Waals surface area contributed by atoms with E-state index < -0.39 is 0 Å². The summed E-state index contributed by atoms with van der Waals surface area (Å²) < 4.78 is 5.46. The van der Waals surface area contributed by atoms with E-state index in [4.69, 9.17) is 4.74 Å². The first-order valence-corrected chi connectivity index (χ1v) is 10.9. The van der Waals surface area contributed by atoms with Gasteiger partial charge in [-0.2, -0.15) is 11.3 Å². The van der Waals surface area contributed by atoms with Gasteiger partial charge in [0.25, 0.3) is 5.91 Å². The number of hydrogen-bond acceptors (Lipinski definition) is 7. The van der Waals surface area contributed by atoms with E-state index in [1.807, 2.05) is 21.7 Å². The quantitative estimate of drug-likeness (QED) is 0.663. The van der Waals surface area contributed by atoms with Crippen molar-refractivity contribution < 1.29 is 9.53 Å². The minimum Gasteiger partial charge on any atom is -0.378 e. The van der Waals surface area contributed by atoms with E-state index in [2.05, 4.69) is 38.0 Å². The van der Waals surface area contributed by atoms with Gasteiger partial charge in [-0.1, -0.05) is 0 Å². The minimum absolute atomic E-state index is 0.0870. The molecule has 4 heterocycles. The summed E-state index contributed by atoms with van der Waals surface area (Å²) in [4.78, 5) is 28.3. The molecule has 2 fully saturated rings. The van der Waals surface area contributed by atoms with Crippen LogP contribution >= 0.6 is 11.3 Å². The second kappa shape index (κ2) is 7.96. The van der Waals surface area contributed by atoms with Gasteiger partial charge < -0.3 is 19.4 Å². The number of ether oxygens (including phenoxy) is 1. The average Bonchev–Trinajstić information content (AvgIpc) is 3.33. The predicted molar refractivity (Wildman–Crippen MR) is 115 cm³/mol. The Morgan fingerprint density at radius 2 is 1.93 bits per heavy atom. The lowest BCUT2D eigenvalue weighted by Crippen LogP contribution is -2.48. The van der Waals surface area contributed by atoms with E-state index in [0.29, 0.717) is 6.67 Å². The highest BCUT2D eigenvalue weighted by molar-refractivity contribution is 7.08. The van der Waals surface area contributed by atoms with E-state index in [0.717, 1.165) is 68.1 Å². The van der Waals surface area contributed by atoms with Gasteiger partial charge in [-0.15, -0.1) is 0 Å². The first kappa shape index (κ1) is 18.3. The number of thiophene rings is 1. The largest absolute Gasteiger partial charge is 0.378 e. The van der Waals surface area contributed by atoms with E-state index in [-0.39, 0.29) is 5.91 Å². The second-order valence-electron chi connectivity index (χ2n) is 7.34. The molecule has 7 nitrogen and oxygen atoms in total. The minimum atomic E-state index is 0.0870. The van der Waals surface area contributed by atoms with Crippen molar-refractivity contribution in [2.75, 3.05) is 55.9 Å². The molecule has 1 amide bonds. The Morgan fingerprint density at radius 3 is 2.76 bits per heavy atom. The van der Waals surface area contributed by atoms with Crippen LogP contribution < -0.4 is 9.80 Å². The smallest absolute Gasteiger partial charge is 0.256 e. The number of fused-ring (bicyclic) bond motifs is 1. The Bertz CT molecular complexity index is 1000. The van der Waals surface area contributed by atoms with Crippen LogP contribution in [0, 0.1) is 0 Å². The monoisotopic (exact) mass is 409 g/mol. The van der Waals surface area contributed by atoms with Gasteiger partial charge in [-0.3, -0.25) is 4.79 Å². The van der Waals surface area contributed by atoms with Crippen molar-refractivity contribution in [3.63, 3.8) is 0 Å². The number of aromatic nitrogens is 2. The van der Waals surface area contributed by atoms with Crippen molar-refractivity contribution in [3.8, 4) is 0 Å². The topological polar surface area (TPSA) is 61.8 Å². The summed E-state index contributed by atoms with van der Waals surface area (Å²) in [7, 11) is 0. The number of carbonyl (C=O) groups is 1. The van der Waals surface area contributed by atoms with Gasteiger partial charge in [-0.05, 0) is 36.1 Å². The van der Waals surface area contributed by atoms with Crippen molar-refractivity contribution in [1.29, 1.82) is 0 Å². The first-order valence-electron chi connectivity index (χ1n) is 9.93. The number of rotatable bonds is 3. The molecule has 0 unspecified atom stereocenters. The van der Waals surface area contributed by atoms with Crippen LogP contribution in [0.25, 0.3) is 10.9 Å². The summed E-state index contributed by atoms with van der Waals surface area (Å²) >= 11 is 1.55. The molecule has 5 rings (SSSR count). The van der Waals surface area contributed by atoms with Crippen LogP contribution in [0.15, 0.2) is 41.4 Å². The van der Waals surface area contributed by atoms with Crippen molar-refractivity contribution in [2.45, 2.75) is 6.42 Å². The second-order valence-corrected chi connectivity index (χ2v) is 8.12. The number of amides is 1. The number of carbonyl (C=O) groups excluding carboxylic acids is 1. The molecule has 2 saturated heterocycles. The Kier molecular flexibility index (Phi) is 5.03. The van der Waals surface area contributed by atoms with Crippen LogP contribution in [0.4, 0.5) is 11.5 Å². The first-order chi connectivity index (χ1) is 14.3. The van der Waals surface area contributed by atoms with Crippen molar-refractivity contribution >= 4 is 39.7 Å². The zero-order chi connectivity index (χ0) is 19.6. The number of hydrogen-bond donors (Lipinski definition) is 0. The molecule has 0 atom stereocenters. The molecule has 2 aromatic heterocycles. The summed E-state index contributed by atoms with van der Waals surface area (Å²) in [6.45, 7) is 5.51. The Balaban J connectivity index is 1.41. The molecule has 0 radical (unpaired) electrons. The highest BCUT2D eigenvalue weighted by Gasteiger charge is 2.25. The Hall–Kier alpha value is -2.71. The molecule has 150 valence electrons. The molecule has 1 aromatic carbocycles. The molecule has 3 aromatic rings. The third kappa shape index (κ3) is 3.65. The van der Waals surface area contributed by atoms with Crippen LogP contribution in [-0.4, -0.2) is 66.8 Å². The normalized spacial score (nSPS) is 17.7. The van der Waals surface area contributed by atoms with Crippen LogP contribution in [0.5, 0.6) is 0 Å². The van der Waals surface area contributed by atoms with Gasteiger partial charge in [0.15, 0.2) is 0 Å².